The number of carbonyl (C=O) groups is 3. The molecule has 1 aliphatic rings. The second kappa shape index (κ2) is 12.2. The van der Waals surface area contributed by atoms with Gasteiger partial charge in [-0.25, -0.2) is 14.4 Å². The molecule has 1 aromatic heterocycles. The van der Waals surface area contributed by atoms with Crippen molar-refractivity contribution >= 4 is 17.9 Å². The highest BCUT2D eigenvalue weighted by atomic mass is 16.7. The molecule has 10 nitrogen and oxygen atoms in total. The number of nitrogens with zero attached hydrogens (tertiary/aromatic N) is 2. The Balaban J connectivity index is 1.47. The van der Waals surface area contributed by atoms with Crippen molar-refractivity contribution in [2.24, 2.45) is 0 Å². The summed E-state index contributed by atoms with van der Waals surface area (Å²) >= 11 is 0. The van der Waals surface area contributed by atoms with Crippen LogP contribution in [-0.4, -0.2) is 47.9 Å². The van der Waals surface area contributed by atoms with E-state index >= 15 is 0 Å². The first-order valence-electron chi connectivity index (χ1n) is 12.5. The van der Waals surface area contributed by atoms with Crippen molar-refractivity contribution in [1.29, 1.82) is 0 Å². The van der Waals surface area contributed by atoms with E-state index in [0.29, 0.717) is 10.4 Å². The third kappa shape index (κ3) is 5.97. The van der Waals surface area contributed by atoms with E-state index in [1.54, 1.807) is 91.0 Å². The number of ether oxygens (including phenoxy) is 4. The smallest absolute Gasteiger partial charge is 0.338 e. The molecule has 0 spiro atoms. The normalized spacial score (nSPS) is 19.9. The average molecular weight is 541 g/mol. The molecular weight excluding hydrogens is 516 g/mol. The molecule has 4 atom stereocenters. The van der Waals surface area contributed by atoms with E-state index in [1.165, 1.54) is 18.3 Å². The summed E-state index contributed by atoms with van der Waals surface area (Å²) < 4.78 is 23.3. The minimum Gasteiger partial charge on any atom is -0.594 e. The lowest BCUT2D eigenvalue weighted by Crippen LogP contribution is -2.43. The molecule has 1 aliphatic heterocycles. The number of benzene rings is 3. The SMILES string of the molecule is O=C(OC[C@H]1O[C@@H](c2cccn[n+]2[O-])[C@H](OC(=O)c2ccccc2)[C@@H]1OC(=O)c1ccccc1)c1ccccc1. The summed E-state index contributed by atoms with van der Waals surface area (Å²) in [5, 5.41) is 16.3. The van der Waals surface area contributed by atoms with Crippen LogP contribution in [0.15, 0.2) is 109 Å². The van der Waals surface area contributed by atoms with Gasteiger partial charge in [0.15, 0.2) is 18.3 Å². The summed E-state index contributed by atoms with van der Waals surface area (Å²) in [4.78, 5) is 39.2. The maximum Gasteiger partial charge on any atom is 0.338 e. The Hall–Kier alpha value is -5.09. The molecule has 1 fully saturated rings. The molecule has 2 heterocycles. The van der Waals surface area contributed by atoms with Crippen molar-refractivity contribution in [3.05, 3.63) is 137 Å². The minimum absolute atomic E-state index is 0.0195. The van der Waals surface area contributed by atoms with Gasteiger partial charge in [0.2, 0.25) is 0 Å². The predicted molar refractivity (Wildman–Crippen MR) is 139 cm³/mol. The van der Waals surface area contributed by atoms with Gasteiger partial charge in [0.1, 0.15) is 12.7 Å². The van der Waals surface area contributed by atoms with E-state index < -0.39 is 42.3 Å². The van der Waals surface area contributed by atoms with E-state index in [9.17, 15) is 19.6 Å². The predicted octanol–water partition coefficient (Wildman–Crippen LogP) is 3.46. The summed E-state index contributed by atoms with van der Waals surface area (Å²) in [6, 6.07) is 27.8. The largest absolute Gasteiger partial charge is 0.594 e. The molecule has 0 radical (unpaired) electrons. The van der Waals surface area contributed by atoms with Crippen LogP contribution in [0.3, 0.4) is 0 Å². The first kappa shape index (κ1) is 26.5. The Labute approximate surface area is 229 Å². The molecule has 4 aromatic rings. The molecule has 0 aliphatic carbocycles. The lowest BCUT2D eigenvalue weighted by molar-refractivity contribution is -0.681. The maximum atomic E-state index is 13.1. The third-order valence-electron chi connectivity index (χ3n) is 6.24. The number of hydrogen-bond donors (Lipinski definition) is 0. The van der Waals surface area contributed by atoms with E-state index in [4.69, 9.17) is 18.9 Å². The molecule has 0 N–H and O–H groups in total. The lowest BCUT2D eigenvalue weighted by atomic mass is 10.0. The number of hydrogen-bond acceptors (Lipinski definition) is 9. The summed E-state index contributed by atoms with van der Waals surface area (Å²) in [5.41, 5.74) is 0.825. The number of aromatic nitrogens is 2. The van der Waals surface area contributed by atoms with Gasteiger partial charge in [0.25, 0.3) is 5.69 Å². The zero-order valence-corrected chi connectivity index (χ0v) is 21.1. The molecule has 40 heavy (non-hydrogen) atoms. The highest BCUT2D eigenvalue weighted by Crippen LogP contribution is 2.37. The second-order valence-corrected chi connectivity index (χ2v) is 8.85. The van der Waals surface area contributed by atoms with E-state index in [1.807, 2.05) is 0 Å². The Morgan fingerprint density at radius 3 is 1.73 bits per heavy atom. The highest BCUT2D eigenvalue weighted by molar-refractivity contribution is 5.91. The van der Waals surface area contributed by atoms with Crippen LogP contribution in [0.2, 0.25) is 0 Å². The Morgan fingerprint density at radius 2 is 1.20 bits per heavy atom. The first-order chi connectivity index (χ1) is 19.5. The van der Waals surface area contributed by atoms with Gasteiger partial charge in [-0.2, -0.15) is 0 Å². The second-order valence-electron chi connectivity index (χ2n) is 8.85. The van der Waals surface area contributed by atoms with E-state index in [-0.39, 0.29) is 23.4 Å². The maximum absolute atomic E-state index is 13.1. The molecule has 1 saturated heterocycles. The molecule has 3 aromatic carbocycles. The van der Waals surface area contributed by atoms with Gasteiger partial charge < -0.3 is 24.2 Å². The summed E-state index contributed by atoms with van der Waals surface area (Å²) in [5.74, 6) is -2.06. The van der Waals surface area contributed by atoms with Crippen molar-refractivity contribution in [2.75, 3.05) is 6.61 Å². The highest BCUT2D eigenvalue weighted by Gasteiger charge is 2.53. The molecule has 0 bridgehead atoms. The Morgan fingerprint density at radius 1 is 0.700 bits per heavy atom. The van der Waals surface area contributed by atoms with Crippen molar-refractivity contribution in [3.63, 3.8) is 0 Å². The molecule has 10 heteroatoms. The summed E-state index contributed by atoms with van der Waals surface area (Å²) in [6.07, 6.45) is -3.49. The number of rotatable bonds is 8. The lowest BCUT2D eigenvalue weighted by Gasteiger charge is -2.24. The monoisotopic (exact) mass is 540 g/mol. The van der Waals surface area contributed by atoms with Gasteiger partial charge >= 0.3 is 17.9 Å². The zero-order chi connectivity index (χ0) is 27.9. The van der Waals surface area contributed by atoms with Crippen molar-refractivity contribution in [1.82, 2.24) is 5.10 Å². The summed E-state index contributed by atoms with van der Waals surface area (Å²) in [7, 11) is 0. The van der Waals surface area contributed by atoms with Gasteiger partial charge in [-0.1, -0.05) is 59.4 Å². The van der Waals surface area contributed by atoms with Gasteiger partial charge in [0, 0.05) is 11.2 Å². The number of carbonyl (C=O) groups excluding carboxylic acids is 3. The zero-order valence-electron chi connectivity index (χ0n) is 21.1. The minimum atomic E-state index is -1.27. The topological polar surface area (TPSA) is 128 Å². The molecule has 0 amide bonds. The van der Waals surface area contributed by atoms with Gasteiger partial charge in [-0.05, 0) is 42.5 Å². The van der Waals surface area contributed by atoms with Crippen LogP contribution in [0.25, 0.3) is 0 Å². The van der Waals surface area contributed by atoms with Crippen LogP contribution in [0.1, 0.15) is 42.9 Å². The van der Waals surface area contributed by atoms with Crippen LogP contribution < -0.4 is 4.85 Å². The fourth-order valence-electron chi connectivity index (χ4n) is 4.29. The molecule has 202 valence electrons. The molecular formula is C30H24N2O8. The van der Waals surface area contributed by atoms with Gasteiger partial charge in [-0.15, -0.1) is 0 Å². The number of esters is 3. The quantitative estimate of drug-likeness (QED) is 0.143. The fourth-order valence-corrected chi connectivity index (χ4v) is 4.29. The van der Waals surface area contributed by atoms with Crippen molar-refractivity contribution in [3.8, 4) is 0 Å². The summed E-state index contributed by atoms with van der Waals surface area (Å²) in [6.45, 7) is -0.352. The van der Waals surface area contributed by atoms with Gasteiger partial charge in [-0.3, -0.25) is 0 Å². The van der Waals surface area contributed by atoms with Crippen LogP contribution in [0.4, 0.5) is 0 Å². The van der Waals surface area contributed by atoms with E-state index in [0.717, 1.165) is 0 Å². The fraction of sp³-hybridized carbons (Fsp3) is 0.167. The molecule has 0 unspecified atom stereocenters. The standard InChI is InChI=1S/C30H24N2O8/c33-28(20-11-4-1-5-12-20)37-19-24-26(39-29(34)21-13-6-2-7-14-21)27(40-30(35)22-15-8-3-9-16-22)25(38-24)23-17-10-18-31-32(23)36/h1-18,24-27H,19H2/t24-,25+,26-,27+/m1/s1. The third-order valence-corrected chi connectivity index (χ3v) is 6.24. The molecule has 5 rings (SSSR count). The Bertz CT molecular complexity index is 1470. The Kier molecular flexibility index (Phi) is 8.07. The van der Waals surface area contributed by atoms with Crippen LogP contribution in [0.5, 0.6) is 0 Å². The van der Waals surface area contributed by atoms with Crippen LogP contribution in [0, 0.1) is 5.21 Å². The van der Waals surface area contributed by atoms with Crippen molar-refractivity contribution < 1.29 is 38.2 Å². The average Bonchev–Trinajstić information content (AvgIpc) is 3.33. The van der Waals surface area contributed by atoms with Crippen LogP contribution >= 0.6 is 0 Å². The van der Waals surface area contributed by atoms with E-state index in [2.05, 4.69) is 5.10 Å². The van der Waals surface area contributed by atoms with Crippen LogP contribution in [-0.2, 0) is 18.9 Å². The molecule has 0 saturated carbocycles. The van der Waals surface area contributed by atoms with Gasteiger partial charge in [0.05, 0.1) is 22.9 Å². The van der Waals surface area contributed by atoms with Crippen molar-refractivity contribution in [2.45, 2.75) is 24.4 Å². The first-order valence-corrected chi connectivity index (χ1v) is 12.5.